The molecule has 0 spiro atoms. The van der Waals surface area contributed by atoms with Crippen molar-refractivity contribution in [3.05, 3.63) is 30.9 Å². The molecule has 7 nitrogen and oxygen atoms in total. The van der Waals surface area contributed by atoms with Gasteiger partial charge in [-0.3, -0.25) is 14.4 Å². The second kappa shape index (κ2) is 11.7. The lowest BCUT2D eigenvalue weighted by Gasteiger charge is -2.61. The van der Waals surface area contributed by atoms with Crippen molar-refractivity contribution in [1.29, 1.82) is 0 Å². The number of aromatic nitrogens is 1. The molecule has 3 aliphatic rings. The first-order chi connectivity index (χ1) is 19.9. The molecule has 42 heavy (non-hydrogen) atoms. The van der Waals surface area contributed by atoms with Crippen LogP contribution in [-0.4, -0.2) is 52.2 Å². The minimum Gasteiger partial charge on any atom is -0.494 e. The second-order valence-corrected chi connectivity index (χ2v) is 15.4. The Morgan fingerprint density at radius 2 is 2.02 bits per heavy atom. The van der Waals surface area contributed by atoms with Crippen LogP contribution in [0.3, 0.4) is 0 Å². The zero-order chi connectivity index (χ0) is 30.4. The van der Waals surface area contributed by atoms with Crippen molar-refractivity contribution in [3.63, 3.8) is 0 Å². The molecule has 3 saturated carbocycles. The topological polar surface area (TPSA) is 103 Å². The summed E-state index contributed by atoms with van der Waals surface area (Å²) in [5.41, 5.74) is -0.795. The summed E-state index contributed by atoms with van der Waals surface area (Å²) in [6, 6.07) is 5.73. The maximum atomic E-state index is 13.5. The maximum absolute atomic E-state index is 13.5. The molecule has 2 unspecified atom stereocenters. The van der Waals surface area contributed by atoms with Crippen molar-refractivity contribution < 1.29 is 29.0 Å². The Bertz CT molecular complexity index is 1390. The number of thiazole rings is 1. The molecule has 9 heteroatoms. The molecule has 228 valence electrons. The molecule has 0 aliphatic heterocycles. The van der Waals surface area contributed by atoms with Crippen LogP contribution >= 0.6 is 23.1 Å². The maximum Gasteiger partial charge on any atom is 0.313 e. The van der Waals surface area contributed by atoms with Gasteiger partial charge in [0, 0.05) is 23.2 Å². The van der Waals surface area contributed by atoms with E-state index in [0.29, 0.717) is 19.4 Å². The van der Waals surface area contributed by atoms with Crippen LogP contribution < -0.4 is 4.74 Å². The van der Waals surface area contributed by atoms with Gasteiger partial charge in [0.15, 0.2) is 10.1 Å². The van der Waals surface area contributed by atoms with Gasteiger partial charge >= 0.3 is 5.97 Å². The molecule has 1 heterocycles. The van der Waals surface area contributed by atoms with Gasteiger partial charge in [0.05, 0.1) is 28.7 Å². The second-order valence-electron chi connectivity index (χ2n) is 13.1. The summed E-state index contributed by atoms with van der Waals surface area (Å²) in [5.74, 6) is 0.0376. The number of aliphatic hydroxyl groups excluding tert-OH is 1. The van der Waals surface area contributed by atoms with E-state index >= 15 is 0 Å². The van der Waals surface area contributed by atoms with Crippen LogP contribution in [0.4, 0.5) is 0 Å². The zero-order valence-corrected chi connectivity index (χ0v) is 26.9. The molecule has 0 saturated heterocycles. The smallest absolute Gasteiger partial charge is 0.313 e. The molecule has 2 aromatic rings. The Balaban J connectivity index is 1.32. The fourth-order valence-electron chi connectivity index (χ4n) is 8.26. The number of thioether (sulfide) groups is 1. The van der Waals surface area contributed by atoms with Crippen molar-refractivity contribution >= 4 is 50.9 Å². The summed E-state index contributed by atoms with van der Waals surface area (Å²) in [6.07, 6.45) is 3.46. The van der Waals surface area contributed by atoms with E-state index in [1.54, 1.807) is 6.08 Å². The van der Waals surface area contributed by atoms with Gasteiger partial charge in [-0.25, -0.2) is 4.98 Å². The molecular weight excluding hydrogens is 570 g/mol. The third-order valence-electron chi connectivity index (χ3n) is 10.9. The Morgan fingerprint density at radius 1 is 1.26 bits per heavy atom. The van der Waals surface area contributed by atoms with Gasteiger partial charge in [0.1, 0.15) is 24.1 Å². The molecule has 2 bridgehead atoms. The van der Waals surface area contributed by atoms with Crippen LogP contribution in [0, 0.1) is 34.0 Å². The van der Waals surface area contributed by atoms with Crippen molar-refractivity contribution in [3.8, 4) is 5.75 Å². The van der Waals surface area contributed by atoms with E-state index < -0.39 is 29.0 Å². The highest BCUT2D eigenvalue weighted by Crippen LogP contribution is 2.68. The number of hydrogen-bond donors (Lipinski definition) is 1. The Hall–Kier alpha value is -2.23. The van der Waals surface area contributed by atoms with Crippen LogP contribution in [0.5, 0.6) is 5.75 Å². The summed E-state index contributed by atoms with van der Waals surface area (Å²) in [7, 11) is 0. The van der Waals surface area contributed by atoms with Crippen LogP contribution in [0.2, 0.25) is 0 Å². The van der Waals surface area contributed by atoms with E-state index in [2.05, 4.69) is 32.3 Å². The van der Waals surface area contributed by atoms with Gasteiger partial charge in [-0.2, -0.15) is 0 Å². The summed E-state index contributed by atoms with van der Waals surface area (Å²) in [5, 5.41) is 11.7. The monoisotopic (exact) mass is 613 g/mol. The first-order valence-corrected chi connectivity index (χ1v) is 16.9. The number of fused-ring (bicyclic) bond motifs is 1. The molecular formula is C33H43NO6S2. The summed E-state index contributed by atoms with van der Waals surface area (Å²) >= 11 is 2.81. The number of esters is 1. The Labute approximate surface area is 256 Å². The van der Waals surface area contributed by atoms with Crippen LogP contribution in [0.25, 0.3) is 10.2 Å². The molecule has 3 aliphatic carbocycles. The largest absolute Gasteiger partial charge is 0.494 e. The Kier molecular flexibility index (Phi) is 8.69. The number of hydrogen-bond acceptors (Lipinski definition) is 9. The van der Waals surface area contributed by atoms with Crippen molar-refractivity contribution in [2.24, 2.45) is 34.0 Å². The SMILES string of the molecule is C=C[C@@]1(C)C[C@@H](OC(=O)CC(=O)CSc2nc3ccc(OCC)cc3s2)[C@]2(C)C(C)CC[C@]3(CCC(=O)C32)[C@@H](C)[C@@H]1O. The van der Waals surface area contributed by atoms with Crippen molar-refractivity contribution in [2.45, 2.75) is 89.7 Å². The third-order valence-corrected chi connectivity index (χ3v) is 13.1. The van der Waals surface area contributed by atoms with E-state index in [1.807, 2.05) is 32.0 Å². The average Bonchev–Trinajstić information content (AvgIpc) is 3.53. The summed E-state index contributed by atoms with van der Waals surface area (Å²) < 4.78 is 13.5. The molecule has 3 fully saturated rings. The number of rotatable bonds is 9. The predicted octanol–water partition coefficient (Wildman–Crippen LogP) is 6.65. The molecule has 1 aromatic heterocycles. The van der Waals surface area contributed by atoms with E-state index in [4.69, 9.17) is 9.47 Å². The first-order valence-electron chi connectivity index (χ1n) is 15.1. The fraction of sp³-hybridized carbons (Fsp3) is 0.636. The van der Waals surface area contributed by atoms with Crippen LogP contribution in [0.15, 0.2) is 35.2 Å². The number of carbonyl (C=O) groups is 3. The first kappa shape index (κ1) is 31.2. The highest BCUT2D eigenvalue weighted by molar-refractivity contribution is 8.01. The number of aliphatic hydroxyl groups is 1. The molecule has 1 N–H and O–H groups in total. The lowest BCUT2D eigenvalue weighted by Crippen LogP contribution is -2.63. The van der Waals surface area contributed by atoms with E-state index in [9.17, 15) is 19.5 Å². The van der Waals surface area contributed by atoms with Crippen LogP contribution in [0.1, 0.15) is 73.1 Å². The molecule has 8 atom stereocenters. The number of Topliss-reactive ketones (excluding diaryl/α,β-unsaturated/α-hetero) is 2. The molecule has 1 aromatic carbocycles. The molecule has 0 amide bonds. The van der Waals surface area contributed by atoms with Gasteiger partial charge < -0.3 is 14.6 Å². The summed E-state index contributed by atoms with van der Waals surface area (Å²) in [6.45, 7) is 14.9. The number of ether oxygens (including phenoxy) is 2. The average molecular weight is 614 g/mol. The van der Waals surface area contributed by atoms with Crippen molar-refractivity contribution in [1.82, 2.24) is 4.98 Å². The van der Waals surface area contributed by atoms with Crippen molar-refractivity contribution in [2.75, 3.05) is 12.4 Å². The number of nitrogens with zero attached hydrogens (tertiary/aromatic N) is 1. The zero-order valence-electron chi connectivity index (χ0n) is 25.3. The molecule has 0 radical (unpaired) electrons. The minimum atomic E-state index is -0.723. The minimum absolute atomic E-state index is 0.0905. The Morgan fingerprint density at radius 3 is 2.74 bits per heavy atom. The summed E-state index contributed by atoms with van der Waals surface area (Å²) in [4.78, 5) is 44.4. The fourth-order valence-corrected chi connectivity index (χ4v) is 10.2. The van der Waals surface area contributed by atoms with Gasteiger partial charge in [-0.05, 0) is 68.1 Å². The normalized spacial score (nSPS) is 36.1. The van der Waals surface area contributed by atoms with E-state index in [-0.39, 0.29) is 46.9 Å². The lowest BCUT2D eigenvalue weighted by atomic mass is 9.44. The van der Waals surface area contributed by atoms with E-state index in [1.165, 1.54) is 23.1 Å². The standard InChI is InChI=1S/C33H43NO6S2/c1-7-31(5)17-26(32(6)19(3)11-13-33(20(4)29(31)38)14-12-24(36)28(32)33)40-27(37)15-21(35)18-41-30-34-23-10-9-22(39-8-2)16-25(23)42-30/h7,9-10,16,19-20,26,28-29,38H,1,8,11-15,17-18H2,2-6H3/t19?,20-,26+,28?,29-,31-,32-,33-/m0/s1. The predicted molar refractivity (Wildman–Crippen MR) is 166 cm³/mol. The number of ketones is 2. The quantitative estimate of drug-likeness (QED) is 0.145. The highest BCUT2D eigenvalue weighted by atomic mass is 32.2. The van der Waals surface area contributed by atoms with Gasteiger partial charge in [0.25, 0.3) is 0 Å². The third kappa shape index (κ3) is 5.23. The number of benzene rings is 1. The van der Waals surface area contributed by atoms with Crippen LogP contribution in [-0.2, 0) is 19.1 Å². The van der Waals surface area contributed by atoms with Gasteiger partial charge in [-0.1, -0.05) is 45.5 Å². The molecule has 5 rings (SSSR count). The lowest BCUT2D eigenvalue weighted by molar-refractivity contribution is -0.206. The van der Waals surface area contributed by atoms with Gasteiger partial charge in [-0.15, -0.1) is 17.9 Å². The van der Waals surface area contributed by atoms with E-state index in [0.717, 1.165) is 39.6 Å². The number of carbonyl (C=O) groups excluding carboxylic acids is 3. The highest BCUT2D eigenvalue weighted by Gasteiger charge is 2.68. The van der Waals surface area contributed by atoms with Gasteiger partial charge in [0.2, 0.25) is 0 Å².